The first-order chi connectivity index (χ1) is 14.3. The molecule has 0 amide bonds. The van der Waals surface area contributed by atoms with Gasteiger partial charge in [-0.15, -0.1) is 0 Å². The highest BCUT2D eigenvalue weighted by Gasteiger charge is 2.15. The van der Waals surface area contributed by atoms with E-state index in [9.17, 15) is 4.89 Å². The fourth-order valence-electron chi connectivity index (χ4n) is 3.75. The van der Waals surface area contributed by atoms with Crippen molar-refractivity contribution in [2.24, 2.45) is 0 Å². The maximum atomic E-state index is 11.0. The van der Waals surface area contributed by atoms with E-state index in [1.54, 1.807) is 0 Å². The van der Waals surface area contributed by atoms with Crippen molar-refractivity contribution in [3.05, 3.63) is 84.4 Å². The largest absolute Gasteiger partial charge is 0.364 e. The first-order valence-corrected chi connectivity index (χ1v) is 12.3. The molecule has 0 radical (unpaired) electrons. The van der Waals surface area contributed by atoms with Crippen LogP contribution in [0.25, 0.3) is 11.1 Å². The monoisotopic (exact) mass is 404 g/mol. The Morgan fingerprint density at radius 1 is 0.655 bits per heavy atom. The van der Waals surface area contributed by atoms with Crippen LogP contribution in [-0.2, 0) is 6.42 Å². The zero-order chi connectivity index (χ0) is 20.3. The molecule has 3 rings (SSSR count). The zero-order valence-corrected chi connectivity index (χ0v) is 18.5. The Kier molecular flexibility index (Phi) is 8.93. The van der Waals surface area contributed by atoms with Crippen molar-refractivity contribution in [1.29, 1.82) is 0 Å². The molecule has 0 saturated heterocycles. The van der Waals surface area contributed by atoms with Gasteiger partial charge in [0.15, 0.2) is 0 Å². The Labute approximate surface area is 177 Å². The van der Waals surface area contributed by atoms with E-state index in [4.69, 9.17) is 0 Å². The second-order valence-corrected chi connectivity index (χ2v) is 9.35. The smallest absolute Gasteiger partial charge is 0.0883 e. The van der Waals surface area contributed by atoms with Crippen molar-refractivity contribution in [2.75, 3.05) is 0 Å². The Bertz CT molecular complexity index is 842. The van der Waals surface area contributed by atoms with Crippen molar-refractivity contribution < 1.29 is 4.89 Å². The van der Waals surface area contributed by atoms with Gasteiger partial charge in [0, 0.05) is 10.6 Å². The summed E-state index contributed by atoms with van der Waals surface area (Å²) < 4.78 is 0. The van der Waals surface area contributed by atoms with Crippen LogP contribution in [0.2, 0.25) is 0 Å². The van der Waals surface area contributed by atoms with Crippen LogP contribution in [-0.4, -0.2) is 4.89 Å². The molecule has 3 aromatic carbocycles. The molecule has 0 saturated carbocycles. The van der Waals surface area contributed by atoms with Gasteiger partial charge in [-0.1, -0.05) is 124 Å². The van der Waals surface area contributed by atoms with Crippen LogP contribution in [0.3, 0.4) is 0 Å². The quantitative estimate of drug-likeness (QED) is 0.270. The second-order valence-electron chi connectivity index (χ2n) is 7.73. The van der Waals surface area contributed by atoms with Crippen LogP contribution < -0.4 is 10.6 Å². The molecule has 0 heterocycles. The van der Waals surface area contributed by atoms with Gasteiger partial charge in [0.1, 0.15) is 0 Å². The lowest BCUT2D eigenvalue weighted by atomic mass is 10.0. The van der Waals surface area contributed by atoms with Gasteiger partial charge in [0.05, 0.1) is 8.15 Å². The number of aryl methyl sites for hydroxylation is 1. The molecular weight excluding hydrogens is 371 g/mol. The molecule has 3 aromatic rings. The van der Waals surface area contributed by atoms with Gasteiger partial charge in [-0.2, -0.15) is 0 Å². The van der Waals surface area contributed by atoms with Gasteiger partial charge in [0.2, 0.25) is 0 Å². The third-order valence-corrected chi connectivity index (χ3v) is 7.10. The number of unbranched alkanes of at least 4 members (excludes halogenated alkanes) is 6. The van der Waals surface area contributed by atoms with Crippen molar-refractivity contribution >= 4 is 18.8 Å². The van der Waals surface area contributed by atoms with Crippen LogP contribution in [0, 0.1) is 0 Å². The van der Waals surface area contributed by atoms with E-state index in [2.05, 4.69) is 49.4 Å². The number of benzene rings is 3. The molecule has 0 fully saturated rings. The zero-order valence-electron chi connectivity index (χ0n) is 17.6. The summed E-state index contributed by atoms with van der Waals surface area (Å²) in [5.41, 5.74) is 3.72. The summed E-state index contributed by atoms with van der Waals surface area (Å²) in [5, 5.41) is 2.01. The summed E-state index contributed by atoms with van der Waals surface area (Å²) in [6, 6.07) is 27.2. The molecule has 0 aromatic heterocycles. The SMILES string of the molecule is CCCCCCCCCc1ccc(-c2ccccc2P(O)c2ccccc2)cc1. The summed E-state index contributed by atoms with van der Waals surface area (Å²) in [4.78, 5) is 11.0. The molecule has 0 bridgehead atoms. The third kappa shape index (κ3) is 6.53. The predicted molar refractivity (Wildman–Crippen MR) is 128 cm³/mol. The fraction of sp³-hybridized carbons (Fsp3) is 0.333. The van der Waals surface area contributed by atoms with Crippen LogP contribution in [0.15, 0.2) is 78.9 Å². The van der Waals surface area contributed by atoms with E-state index in [1.807, 2.05) is 36.4 Å². The highest BCUT2D eigenvalue weighted by molar-refractivity contribution is 7.67. The predicted octanol–water partition coefficient (Wildman–Crippen LogP) is 6.99. The minimum atomic E-state index is -1.34. The molecule has 0 aliphatic rings. The Hall–Kier alpha value is -1.95. The maximum Gasteiger partial charge on any atom is 0.0883 e. The van der Waals surface area contributed by atoms with E-state index < -0.39 is 8.15 Å². The van der Waals surface area contributed by atoms with Gasteiger partial charge in [-0.05, 0) is 29.5 Å². The normalized spacial score (nSPS) is 12.1. The summed E-state index contributed by atoms with van der Waals surface area (Å²) in [7, 11) is -1.34. The number of hydrogen-bond acceptors (Lipinski definition) is 1. The van der Waals surface area contributed by atoms with Crippen LogP contribution >= 0.6 is 8.15 Å². The Morgan fingerprint density at radius 3 is 2.00 bits per heavy atom. The van der Waals surface area contributed by atoms with Crippen LogP contribution in [0.1, 0.15) is 57.4 Å². The third-order valence-electron chi connectivity index (χ3n) is 5.47. The van der Waals surface area contributed by atoms with Gasteiger partial charge >= 0.3 is 0 Å². The van der Waals surface area contributed by atoms with Gasteiger partial charge in [-0.25, -0.2) is 0 Å². The van der Waals surface area contributed by atoms with E-state index in [-0.39, 0.29) is 0 Å². The average Bonchev–Trinajstić information content (AvgIpc) is 2.79. The summed E-state index contributed by atoms with van der Waals surface area (Å²) in [6.07, 6.45) is 10.6. The molecule has 0 aliphatic heterocycles. The van der Waals surface area contributed by atoms with Gasteiger partial charge in [-0.3, -0.25) is 0 Å². The minimum absolute atomic E-state index is 0.991. The Morgan fingerprint density at radius 2 is 1.28 bits per heavy atom. The average molecular weight is 405 g/mol. The minimum Gasteiger partial charge on any atom is -0.364 e. The summed E-state index contributed by atoms with van der Waals surface area (Å²) in [6.45, 7) is 2.27. The maximum absolute atomic E-state index is 11.0. The molecule has 0 spiro atoms. The lowest BCUT2D eigenvalue weighted by Crippen LogP contribution is -2.13. The highest BCUT2D eigenvalue weighted by Crippen LogP contribution is 2.33. The number of rotatable bonds is 11. The van der Waals surface area contributed by atoms with Crippen LogP contribution in [0.4, 0.5) is 0 Å². The summed E-state index contributed by atoms with van der Waals surface area (Å²) >= 11 is 0. The van der Waals surface area contributed by atoms with Crippen molar-refractivity contribution in [2.45, 2.75) is 58.3 Å². The molecule has 2 heteroatoms. The van der Waals surface area contributed by atoms with E-state index in [0.29, 0.717) is 0 Å². The lowest BCUT2D eigenvalue weighted by Gasteiger charge is -2.16. The Balaban J connectivity index is 1.62. The van der Waals surface area contributed by atoms with E-state index in [0.717, 1.165) is 22.6 Å². The molecule has 1 unspecified atom stereocenters. The van der Waals surface area contributed by atoms with E-state index in [1.165, 1.54) is 56.1 Å². The fourth-order valence-corrected chi connectivity index (χ4v) is 5.14. The molecule has 1 N–H and O–H groups in total. The summed E-state index contributed by atoms with van der Waals surface area (Å²) in [5.74, 6) is 0. The van der Waals surface area contributed by atoms with Gasteiger partial charge < -0.3 is 4.89 Å². The molecule has 0 aliphatic carbocycles. The first kappa shape index (κ1) is 21.8. The van der Waals surface area contributed by atoms with Gasteiger partial charge in [0.25, 0.3) is 0 Å². The van der Waals surface area contributed by atoms with Crippen molar-refractivity contribution in [3.63, 3.8) is 0 Å². The molecule has 29 heavy (non-hydrogen) atoms. The molecule has 1 atom stereocenters. The number of hydrogen-bond donors (Lipinski definition) is 1. The molecular formula is C27H33OP. The van der Waals surface area contributed by atoms with Crippen LogP contribution in [0.5, 0.6) is 0 Å². The topological polar surface area (TPSA) is 20.2 Å². The van der Waals surface area contributed by atoms with Crippen molar-refractivity contribution in [1.82, 2.24) is 0 Å². The standard InChI is InChI=1S/C27H33OP/c1-2-3-4-5-6-7-9-14-23-19-21-24(22-20-23)26-17-12-13-18-27(26)29(28)25-15-10-8-11-16-25/h8,10-13,15-22,28H,2-7,9,14H2,1H3. The molecule has 1 nitrogen and oxygen atoms in total. The lowest BCUT2D eigenvalue weighted by molar-refractivity contribution is 0.589. The van der Waals surface area contributed by atoms with E-state index >= 15 is 0 Å². The van der Waals surface area contributed by atoms with Crippen molar-refractivity contribution in [3.8, 4) is 11.1 Å². The molecule has 152 valence electrons. The first-order valence-electron chi connectivity index (χ1n) is 11.0. The highest BCUT2D eigenvalue weighted by atomic mass is 31.1. The second kappa shape index (κ2) is 11.9.